The number of rotatable bonds is 1. The summed E-state index contributed by atoms with van der Waals surface area (Å²) in [6.45, 7) is 0. The molecular weight excluding hydrogens is 304 g/mol. The Morgan fingerprint density at radius 1 is 0.824 bits per heavy atom. The molecule has 2 aromatic rings. The Balaban J connectivity index is 2.68. The first-order chi connectivity index (χ1) is 7.99. The second-order valence-electron chi connectivity index (χ2n) is 3.27. The summed E-state index contributed by atoms with van der Waals surface area (Å²) < 4.78 is 0. The molecule has 0 saturated heterocycles. The molecule has 17 heavy (non-hydrogen) atoms. The lowest BCUT2D eigenvalue weighted by molar-refractivity contribution is 0.475. The van der Waals surface area contributed by atoms with Crippen molar-refractivity contribution < 1.29 is 5.11 Å². The second-order valence-corrected chi connectivity index (χ2v) is 4.88. The van der Waals surface area contributed by atoms with E-state index in [0.717, 1.165) is 0 Å². The molecular formula is C11H5Cl4NO. The molecule has 1 aromatic heterocycles. The molecule has 1 heterocycles. The highest BCUT2D eigenvalue weighted by Crippen LogP contribution is 2.39. The van der Waals surface area contributed by atoms with Crippen molar-refractivity contribution in [1.82, 2.24) is 4.98 Å². The molecule has 0 fully saturated rings. The number of benzene rings is 1. The van der Waals surface area contributed by atoms with E-state index in [1.54, 1.807) is 6.07 Å². The Morgan fingerprint density at radius 2 is 1.47 bits per heavy atom. The van der Waals surface area contributed by atoms with Crippen molar-refractivity contribution in [3.8, 4) is 16.9 Å². The Hall–Kier alpha value is -0.670. The molecule has 1 N–H and O–H groups in total. The highest BCUT2D eigenvalue weighted by atomic mass is 35.5. The summed E-state index contributed by atoms with van der Waals surface area (Å²) in [5.74, 6) is -0.0327. The standard InChI is InChI=1S/C11H5Cl4NO/c12-7-3-9(14)8(13)1-5(7)6-2-11(15)16-4-10(6)17/h1-4,17H. The molecule has 0 unspecified atom stereocenters. The number of hydrogen-bond acceptors (Lipinski definition) is 2. The fraction of sp³-hybridized carbons (Fsp3) is 0. The van der Waals surface area contributed by atoms with Crippen molar-refractivity contribution in [1.29, 1.82) is 0 Å². The zero-order chi connectivity index (χ0) is 12.6. The molecule has 0 aliphatic rings. The molecule has 0 radical (unpaired) electrons. The molecule has 2 rings (SSSR count). The first-order valence-electron chi connectivity index (χ1n) is 4.48. The molecule has 1 aromatic carbocycles. The average molecular weight is 309 g/mol. The summed E-state index contributed by atoms with van der Waals surface area (Å²) in [5, 5.41) is 11.0. The third kappa shape index (κ3) is 2.61. The molecule has 0 spiro atoms. The highest BCUT2D eigenvalue weighted by molar-refractivity contribution is 6.44. The monoisotopic (exact) mass is 307 g/mol. The maximum atomic E-state index is 9.72. The normalized spacial score (nSPS) is 10.6. The van der Waals surface area contributed by atoms with Gasteiger partial charge in [0.05, 0.1) is 21.3 Å². The number of halogens is 4. The maximum Gasteiger partial charge on any atom is 0.141 e. The van der Waals surface area contributed by atoms with Gasteiger partial charge in [0.1, 0.15) is 10.9 Å². The van der Waals surface area contributed by atoms with Gasteiger partial charge in [-0.25, -0.2) is 4.98 Å². The van der Waals surface area contributed by atoms with Gasteiger partial charge in [0.2, 0.25) is 0 Å². The number of aromatic hydroxyl groups is 1. The first-order valence-corrected chi connectivity index (χ1v) is 5.99. The van der Waals surface area contributed by atoms with Gasteiger partial charge in [-0.05, 0) is 18.2 Å². The number of nitrogens with zero attached hydrogens (tertiary/aromatic N) is 1. The predicted molar refractivity (Wildman–Crippen MR) is 71.4 cm³/mol. The lowest BCUT2D eigenvalue weighted by Gasteiger charge is -2.08. The van der Waals surface area contributed by atoms with Crippen molar-refractivity contribution in [2.75, 3.05) is 0 Å². The van der Waals surface area contributed by atoms with Crippen LogP contribution in [0.25, 0.3) is 11.1 Å². The van der Waals surface area contributed by atoms with Crippen LogP contribution in [0.3, 0.4) is 0 Å². The maximum absolute atomic E-state index is 9.72. The molecule has 0 aliphatic heterocycles. The van der Waals surface area contributed by atoms with Gasteiger partial charge in [-0.3, -0.25) is 0 Å². The molecule has 0 saturated carbocycles. The van der Waals surface area contributed by atoms with E-state index >= 15 is 0 Å². The Morgan fingerprint density at radius 3 is 2.18 bits per heavy atom. The van der Waals surface area contributed by atoms with Crippen molar-refractivity contribution in [2.24, 2.45) is 0 Å². The lowest BCUT2D eigenvalue weighted by Crippen LogP contribution is -1.84. The van der Waals surface area contributed by atoms with Gasteiger partial charge in [-0.15, -0.1) is 0 Å². The average Bonchev–Trinajstić information content (AvgIpc) is 2.27. The second kappa shape index (κ2) is 4.91. The summed E-state index contributed by atoms with van der Waals surface area (Å²) in [5.41, 5.74) is 0.997. The van der Waals surface area contributed by atoms with Crippen molar-refractivity contribution >= 4 is 46.4 Å². The summed E-state index contributed by atoms with van der Waals surface area (Å²) in [4.78, 5) is 3.75. The van der Waals surface area contributed by atoms with Crippen molar-refractivity contribution in [3.63, 3.8) is 0 Å². The summed E-state index contributed by atoms with van der Waals surface area (Å²) in [6.07, 6.45) is 1.25. The third-order valence-corrected chi connectivity index (χ3v) is 3.39. The minimum atomic E-state index is -0.0327. The minimum absolute atomic E-state index is 0.0327. The van der Waals surface area contributed by atoms with Crippen molar-refractivity contribution in [3.05, 3.63) is 44.6 Å². The Labute approximate surface area is 118 Å². The van der Waals surface area contributed by atoms with Crippen LogP contribution in [0.15, 0.2) is 24.4 Å². The SMILES string of the molecule is Oc1cnc(Cl)cc1-c1cc(Cl)c(Cl)cc1Cl. The van der Waals surface area contributed by atoms with Gasteiger partial charge >= 0.3 is 0 Å². The molecule has 0 atom stereocenters. The van der Waals surface area contributed by atoms with Crippen LogP contribution in [0.4, 0.5) is 0 Å². The van der Waals surface area contributed by atoms with E-state index in [1.807, 2.05) is 0 Å². The fourth-order valence-corrected chi connectivity index (χ4v) is 2.17. The van der Waals surface area contributed by atoms with Crippen LogP contribution >= 0.6 is 46.4 Å². The molecule has 0 bridgehead atoms. The molecule has 6 heteroatoms. The molecule has 0 amide bonds. The van der Waals surface area contributed by atoms with Gasteiger partial charge in [-0.1, -0.05) is 46.4 Å². The first kappa shape index (κ1) is 12.8. The van der Waals surface area contributed by atoms with E-state index in [0.29, 0.717) is 26.2 Å². The van der Waals surface area contributed by atoms with Crippen LogP contribution in [-0.4, -0.2) is 10.1 Å². The summed E-state index contributed by atoms with van der Waals surface area (Å²) >= 11 is 23.5. The molecule has 88 valence electrons. The van der Waals surface area contributed by atoms with Crippen molar-refractivity contribution in [2.45, 2.75) is 0 Å². The zero-order valence-electron chi connectivity index (χ0n) is 8.22. The summed E-state index contributed by atoms with van der Waals surface area (Å²) in [7, 11) is 0. The smallest absolute Gasteiger partial charge is 0.141 e. The van der Waals surface area contributed by atoms with Crippen LogP contribution in [0.1, 0.15) is 0 Å². The van der Waals surface area contributed by atoms with Gasteiger partial charge < -0.3 is 5.11 Å². The Bertz CT molecular complexity index is 586. The number of hydrogen-bond donors (Lipinski definition) is 1. The van der Waals surface area contributed by atoms with Crippen LogP contribution in [0, 0.1) is 0 Å². The van der Waals surface area contributed by atoms with Crippen LogP contribution in [-0.2, 0) is 0 Å². The van der Waals surface area contributed by atoms with E-state index in [2.05, 4.69) is 4.98 Å². The summed E-state index contributed by atoms with van der Waals surface area (Å²) in [6, 6.07) is 4.58. The quantitative estimate of drug-likeness (QED) is 0.589. The fourth-order valence-electron chi connectivity index (χ4n) is 1.37. The van der Waals surface area contributed by atoms with Gasteiger partial charge in [0.25, 0.3) is 0 Å². The molecule has 0 aliphatic carbocycles. The van der Waals surface area contributed by atoms with Crippen LogP contribution < -0.4 is 0 Å². The number of aromatic nitrogens is 1. The van der Waals surface area contributed by atoms with E-state index < -0.39 is 0 Å². The van der Waals surface area contributed by atoms with E-state index in [9.17, 15) is 5.11 Å². The van der Waals surface area contributed by atoms with Crippen LogP contribution in [0.2, 0.25) is 20.2 Å². The van der Waals surface area contributed by atoms with Crippen LogP contribution in [0.5, 0.6) is 5.75 Å². The zero-order valence-corrected chi connectivity index (χ0v) is 11.2. The highest BCUT2D eigenvalue weighted by Gasteiger charge is 2.12. The predicted octanol–water partition coefficient (Wildman–Crippen LogP) is 5.07. The topological polar surface area (TPSA) is 33.1 Å². The van der Waals surface area contributed by atoms with Gasteiger partial charge in [0.15, 0.2) is 0 Å². The Kier molecular flexibility index (Phi) is 3.69. The van der Waals surface area contributed by atoms with E-state index in [-0.39, 0.29) is 10.9 Å². The van der Waals surface area contributed by atoms with E-state index in [1.165, 1.54) is 18.3 Å². The lowest BCUT2D eigenvalue weighted by atomic mass is 10.1. The third-order valence-electron chi connectivity index (χ3n) is 2.15. The van der Waals surface area contributed by atoms with Gasteiger partial charge in [0, 0.05) is 11.1 Å². The largest absolute Gasteiger partial charge is 0.506 e. The minimum Gasteiger partial charge on any atom is -0.506 e. The molecule has 2 nitrogen and oxygen atoms in total. The number of pyridine rings is 1. The van der Waals surface area contributed by atoms with Gasteiger partial charge in [-0.2, -0.15) is 0 Å². The van der Waals surface area contributed by atoms with E-state index in [4.69, 9.17) is 46.4 Å².